The number of carbonyl (C=O) groups excluding carboxylic acids is 2. The highest BCUT2D eigenvalue weighted by Crippen LogP contribution is 2.32. The van der Waals surface area contributed by atoms with Crippen LogP contribution in [0.1, 0.15) is 48.8 Å². The summed E-state index contributed by atoms with van der Waals surface area (Å²) in [6.07, 6.45) is 0. The van der Waals surface area contributed by atoms with Gasteiger partial charge in [-0.05, 0) is 75.6 Å². The Kier molecular flexibility index (Phi) is 6.04. The van der Waals surface area contributed by atoms with Crippen LogP contribution < -0.4 is 10.2 Å². The van der Waals surface area contributed by atoms with Crippen LogP contribution in [0.2, 0.25) is 5.02 Å². The van der Waals surface area contributed by atoms with Crippen molar-refractivity contribution < 1.29 is 14.0 Å². The first-order chi connectivity index (χ1) is 13.7. The van der Waals surface area contributed by atoms with Crippen molar-refractivity contribution in [2.24, 2.45) is 0 Å². The number of nitrogens with zero attached hydrogens (tertiary/aromatic N) is 3. The van der Waals surface area contributed by atoms with E-state index in [0.29, 0.717) is 22.2 Å². The molecule has 1 N–H and O–H groups in total. The number of amides is 2. The fourth-order valence-electron chi connectivity index (χ4n) is 2.78. The minimum Gasteiger partial charge on any atom is -0.464 e. The molecule has 7 nitrogen and oxygen atoms in total. The molecule has 9 heteroatoms. The third-order valence-electron chi connectivity index (χ3n) is 3.94. The zero-order chi connectivity index (χ0) is 21.2. The van der Waals surface area contributed by atoms with Gasteiger partial charge in [-0.3, -0.25) is 14.5 Å². The SMILES string of the molecule is Cc1ccc([C@@H](C(=O)NC(C)(C)C)N(C(=O)c2csnn2)c2ccc(Cl)cc2)o1. The summed E-state index contributed by atoms with van der Waals surface area (Å²) in [5.74, 6) is 0.130. The van der Waals surface area contributed by atoms with Gasteiger partial charge in [0.2, 0.25) is 0 Å². The van der Waals surface area contributed by atoms with Crippen LogP contribution in [0, 0.1) is 6.92 Å². The average molecular weight is 433 g/mol. The van der Waals surface area contributed by atoms with Crippen LogP contribution in [0.15, 0.2) is 46.2 Å². The van der Waals surface area contributed by atoms with E-state index in [1.165, 1.54) is 10.3 Å². The lowest BCUT2D eigenvalue weighted by Gasteiger charge is -2.32. The van der Waals surface area contributed by atoms with E-state index in [4.69, 9.17) is 16.0 Å². The number of benzene rings is 1. The highest BCUT2D eigenvalue weighted by Gasteiger charge is 2.37. The van der Waals surface area contributed by atoms with E-state index in [2.05, 4.69) is 14.9 Å². The summed E-state index contributed by atoms with van der Waals surface area (Å²) in [6.45, 7) is 7.39. The van der Waals surface area contributed by atoms with E-state index in [0.717, 1.165) is 11.5 Å². The Morgan fingerprint density at radius 3 is 2.38 bits per heavy atom. The van der Waals surface area contributed by atoms with Crippen LogP contribution in [0.25, 0.3) is 0 Å². The third-order valence-corrected chi connectivity index (χ3v) is 4.69. The van der Waals surface area contributed by atoms with Gasteiger partial charge in [0.05, 0.1) is 0 Å². The molecule has 1 aromatic carbocycles. The topological polar surface area (TPSA) is 88.3 Å². The molecule has 1 atom stereocenters. The van der Waals surface area contributed by atoms with E-state index < -0.39 is 17.5 Å². The molecule has 0 saturated heterocycles. The second-order valence-corrected chi connectivity index (χ2v) is 8.58. The highest BCUT2D eigenvalue weighted by atomic mass is 35.5. The molecule has 3 aromatic rings. The van der Waals surface area contributed by atoms with Crippen molar-refractivity contribution in [1.29, 1.82) is 0 Å². The Morgan fingerprint density at radius 1 is 1.17 bits per heavy atom. The lowest BCUT2D eigenvalue weighted by Crippen LogP contribution is -2.49. The number of aromatic nitrogens is 2. The number of hydrogen-bond donors (Lipinski definition) is 1. The smallest absolute Gasteiger partial charge is 0.280 e. The standard InChI is InChI=1S/C20H21ClN4O3S/c1-12-5-10-16(28-12)17(18(26)22-20(2,3)4)25(14-8-6-13(21)7-9-14)19(27)15-11-29-24-23-15/h5-11,17H,1-4H3,(H,22,26)/t17-/m0/s1. The fourth-order valence-corrected chi connectivity index (χ4v) is 3.33. The van der Waals surface area contributed by atoms with E-state index in [-0.39, 0.29) is 11.6 Å². The molecule has 0 aliphatic heterocycles. The summed E-state index contributed by atoms with van der Waals surface area (Å²) in [6, 6.07) is 9.06. The zero-order valence-corrected chi connectivity index (χ0v) is 18.0. The van der Waals surface area contributed by atoms with Gasteiger partial charge in [-0.25, -0.2) is 0 Å². The summed E-state index contributed by atoms with van der Waals surface area (Å²) < 4.78 is 9.53. The molecule has 2 amide bonds. The van der Waals surface area contributed by atoms with Gasteiger partial charge in [0.15, 0.2) is 11.7 Å². The number of nitrogens with one attached hydrogen (secondary N) is 1. The maximum absolute atomic E-state index is 13.4. The van der Waals surface area contributed by atoms with Gasteiger partial charge in [-0.2, -0.15) is 0 Å². The van der Waals surface area contributed by atoms with Crippen molar-refractivity contribution in [2.75, 3.05) is 4.90 Å². The zero-order valence-electron chi connectivity index (χ0n) is 16.5. The molecular formula is C20H21ClN4O3S. The largest absolute Gasteiger partial charge is 0.464 e. The van der Waals surface area contributed by atoms with Gasteiger partial charge >= 0.3 is 0 Å². The van der Waals surface area contributed by atoms with E-state index in [9.17, 15) is 9.59 Å². The van der Waals surface area contributed by atoms with Crippen LogP contribution in [-0.2, 0) is 4.79 Å². The first-order valence-corrected chi connectivity index (χ1v) is 10.1. The van der Waals surface area contributed by atoms with Crippen LogP contribution in [0.4, 0.5) is 5.69 Å². The Bertz CT molecular complexity index is 994. The molecule has 0 saturated carbocycles. The first-order valence-electron chi connectivity index (χ1n) is 8.90. The van der Waals surface area contributed by atoms with Crippen LogP contribution in [0.3, 0.4) is 0 Å². The maximum atomic E-state index is 13.4. The summed E-state index contributed by atoms with van der Waals surface area (Å²) in [5, 5.41) is 8.87. The molecule has 29 heavy (non-hydrogen) atoms. The third kappa shape index (κ3) is 5.02. The molecule has 152 valence electrons. The summed E-state index contributed by atoms with van der Waals surface area (Å²) >= 11 is 7.08. The Hall–Kier alpha value is -2.71. The van der Waals surface area contributed by atoms with Crippen molar-refractivity contribution in [2.45, 2.75) is 39.3 Å². The fraction of sp³-hybridized carbons (Fsp3) is 0.300. The number of aryl methyl sites for hydroxylation is 1. The van der Waals surface area contributed by atoms with Crippen molar-refractivity contribution in [3.8, 4) is 0 Å². The number of furan rings is 1. The molecule has 0 spiro atoms. The summed E-state index contributed by atoms with van der Waals surface area (Å²) in [5.41, 5.74) is 0.116. The van der Waals surface area contributed by atoms with Gasteiger partial charge in [-0.1, -0.05) is 16.1 Å². The highest BCUT2D eigenvalue weighted by molar-refractivity contribution is 7.03. The first kappa shape index (κ1) is 21.0. The van der Waals surface area contributed by atoms with E-state index in [1.807, 2.05) is 20.8 Å². The molecule has 0 aliphatic carbocycles. The van der Waals surface area contributed by atoms with Gasteiger partial charge < -0.3 is 9.73 Å². The molecule has 0 radical (unpaired) electrons. The van der Waals surface area contributed by atoms with Gasteiger partial charge in [0.1, 0.15) is 11.5 Å². The van der Waals surface area contributed by atoms with E-state index >= 15 is 0 Å². The average Bonchev–Trinajstić information content (AvgIpc) is 3.30. The Balaban J connectivity index is 2.14. The minimum atomic E-state index is -1.04. The molecular weight excluding hydrogens is 412 g/mol. The molecule has 2 heterocycles. The lowest BCUT2D eigenvalue weighted by atomic mass is 10.1. The number of anilines is 1. The molecule has 0 unspecified atom stereocenters. The van der Waals surface area contributed by atoms with Crippen molar-refractivity contribution in [3.05, 3.63) is 64.0 Å². The number of halogens is 1. The maximum Gasteiger partial charge on any atom is 0.280 e. The normalized spacial score (nSPS) is 12.4. The lowest BCUT2D eigenvalue weighted by molar-refractivity contribution is -0.124. The van der Waals surface area contributed by atoms with Gasteiger partial charge in [-0.15, -0.1) is 5.10 Å². The summed E-state index contributed by atoms with van der Waals surface area (Å²) in [7, 11) is 0. The predicted molar refractivity (Wildman–Crippen MR) is 112 cm³/mol. The van der Waals surface area contributed by atoms with Gasteiger partial charge in [0, 0.05) is 21.6 Å². The number of rotatable bonds is 5. The second kappa shape index (κ2) is 8.34. The molecule has 0 fully saturated rings. The molecule has 0 aliphatic rings. The van der Waals surface area contributed by atoms with Gasteiger partial charge in [0.25, 0.3) is 11.8 Å². The summed E-state index contributed by atoms with van der Waals surface area (Å²) in [4.78, 5) is 28.0. The Morgan fingerprint density at radius 2 is 1.86 bits per heavy atom. The van der Waals surface area contributed by atoms with Crippen molar-refractivity contribution in [1.82, 2.24) is 14.9 Å². The minimum absolute atomic E-state index is 0.141. The molecule has 0 bridgehead atoms. The van der Waals surface area contributed by atoms with Crippen molar-refractivity contribution >= 4 is 40.6 Å². The monoisotopic (exact) mass is 432 g/mol. The quantitative estimate of drug-likeness (QED) is 0.645. The predicted octanol–water partition coefficient (Wildman–Crippen LogP) is 4.40. The Labute approximate surface area is 177 Å². The second-order valence-electron chi connectivity index (χ2n) is 7.53. The number of carbonyl (C=O) groups is 2. The van der Waals surface area contributed by atoms with Crippen LogP contribution >= 0.6 is 23.1 Å². The molecule has 2 aromatic heterocycles. The van der Waals surface area contributed by atoms with Crippen LogP contribution in [0.5, 0.6) is 0 Å². The molecule has 3 rings (SSSR count). The van der Waals surface area contributed by atoms with E-state index in [1.54, 1.807) is 43.3 Å². The van der Waals surface area contributed by atoms with Crippen molar-refractivity contribution in [3.63, 3.8) is 0 Å². The van der Waals surface area contributed by atoms with Crippen LogP contribution in [-0.4, -0.2) is 26.9 Å². The number of hydrogen-bond acceptors (Lipinski definition) is 6.